The Balaban J connectivity index is 1.40. The first-order valence-electron chi connectivity index (χ1n) is 9.33. The second kappa shape index (κ2) is 8.76. The van der Waals surface area contributed by atoms with E-state index >= 15 is 0 Å². The molecule has 0 atom stereocenters. The monoisotopic (exact) mass is 477 g/mol. The minimum absolute atomic E-state index is 0.0358. The molecule has 164 valence electrons. The van der Waals surface area contributed by atoms with Gasteiger partial charge in [-0.3, -0.25) is 4.79 Å². The number of amides is 3. The van der Waals surface area contributed by atoms with Crippen molar-refractivity contribution in [1.82, 2.24) is 0 Å². The van der Waals surface area contributed by atoms with Crippen LogP contribution in [-0.4, -0.2) is 11.9 Å². The summed E-state index contributed by atoms with van der Waals surface area (Å²) in [6, 6.07) is 15.1. The van der Waals surface area contributed by atoms with Crippen LogP contribution in [0.3, 0.4) is 0 Å². The molecule has 5 nitrogen and oxygen atoms in total. The van der Waals surface area contributed by atoms with Crippen molar-refractivity contribution in [2.24, 2.45) is 0 Å². The average molecular weight is 478 g/mol. The van der Waals surface area contributed by atoms with E-state index in [2.05, 4.69) is 16.0 Å². The molecule has 3 aromatic carbocycles. The van der Waals surface area contributed by atoms with Gasteiger partial charge in [0.2, 0.25) is 5.91 Å². The number of hydrogen-bond donors (Lipinski definition) is 3. The number of anilines is 3. The summed E-state index contributed by atoms with van der Waals surface area (Å²) in [7, 11) is 0. The number of carbonyl (C=O) groups excluding carboxylic acids is 2. The number of rotatable bonds is 4. The van der Waals surface area contributed by atoms with E-state index in [9.17, 15) is 22.8 Å². The molecule has 0 aromatic heterocycles. The van der Waals surface area contributed by atoms with Crippen LogP contribution in [0.25, 0.3) is 0 Å². The van der Waals surface area contributed by atoms with Gasteiger partial charge in [-0.05, 0) is 54.1 Å². The lowest BCUT2D eigenvalue weighted by Gasteiger charge is -2.12. The molecule has 3 N–H and O–H groups in total. The van der Waals surface area contributed by atoms with E-state index in [1.807, 2.05) is 18.2 Å². The maximum atomic E-state index is 13.0. The smallest absolute Gasteiger partial charge is 0.325 e. The molecule has 0 spiro atoms. The standard InChI is InChI=1S/C22H15ClF3N3O2S/c23-17-9-6-14(11-16(17)22(24,25)26)28-21(31)27-13-4-7-15(8-5-13)32-18-3-1-2-12-10-19(30)29-20(12)18/h1-9,11H,10H2,(H,29,30)(H2,27,28,31). The van der Waals surface area contributed by atoms with Crippen LogP contribution in [0.15, 0.2) is 70.5 Å². The number of nitrogens with one attached hydrogen (secondary N) is 3. The van der Waals surface area contributed by atoms with E-state index in [1.54, 1.807) is 24.3 Å². The first-order valence-corrected chi connectivity index (χ1v) is 10.5. The molecule has 0 unspecified atom stereocenters. The third-order valence-electron chi connectivity index (χ3n) is 4.60. The number of alkyl halides is 3. The molecule has 10 heteroatoms. The van der Waals surface area contributed by atoms with Crippen molar-refractivity contribution >= 4 is 52.4 Å². The molecule has 1 aliphatic heterocycles. The zero-order valence-electron chi connectivity index (χ0n) is 16.2. The molecule has 0 saturated heterocycles. The molecular formula is C22H15ClF3N3O2S. The zero-order chi connectivity index (χ0) is 22.9. The highest BCUT2D eigenvalue weighted by Gasteiger charge is 2.33. The van der Waals surface area contributed by atoms with Gasteiger partial charge in [0.05, 0.1) is 22.7 Å². The Hall–Kier alpha value is -3.17. The van der Waals surface area contributed by atoms with Crippen molar-refractivity contribution < 1.29 is 22.8 Å². The first-order chi connectivity index (χ1) is 15.2. The van der Waals surface area contributed by atoms with E-state index in [1.165, 1.54) is 17.8 Å². The Labute approximate surface area is 190 Å². The Kier molecular flexibility index (Phi) is 6.03. The lowest BCUT2D eigenvalue weighted by atomic mass is 10.2. The first kappa shape index (κ1) is 22.0. The molecule has 32 heavy (non-hydrogen) atoms. The second-order valence-electron chi connectivity index (χ2n) is 6.91. The Morgan fingerprint density at radius 3 is 2.41 bits per heavy atom. The van der Waals surface area contributed by atoms with E-state index in [0.29, 0.717) is 12.1 Å². The molecule has 1 heterocycles. The average Bonchev–Trinajstić information content (AvgIpc) is 3.11. The molecule has 1 aliphatic rings. The number of halogens is 4. The van der Waals surface area contributed by atoms with Gasteiger partial charge in [-0.15, -0.1) is 0 Å². The van der Waals surface area contributed by atoms with Crippen LogP contribution in [0, 0.1) is 0 Å². The lowest BCUT2D eigenvalue weighted by molar-refractivity contribution is -0.137. The van der Waals surface area contributed by atoms with Crippen LogP contribution in [0.1, 0.15) is 11.1 Å². The highest BCUT2D eigenvalue weighted by Crippen LogP contribution is 2.38. The molecule has 0 aliphatic carbocycles. The highest BCUT2D eigenvalue weighted by molar-refractivity contribution is 7.99. The SMILES string of the molecule is O=C1Cc2cccc(Sc3ccc(NC(=O)Nc4ccc(Cl)c(C(F)(F)F)c4)cc3)c2N1. The predicted molar refractivity (Wildman–Crippen MR) is 118 cm³/mol. The minimum Gasteiger partial charge on any atom is -0.325 e. The van der Waals surface area contributed by atoms with E-state index in [4.69, 9.17) is 11.6 Å². The van der Waals surface area contributed by atoms with Gasteiger partial charge in [-0.1, -0.05) is 35.5 Å². The van der Waals surface area contributed by atoms with Gasteiger partial charge < -0.3 is 16.0 Å². The summed E-state index contributed by atoms with van der Waals surface area (Å²) >= 11 is 7.06. The van der Waals surface area contributed by atoms with Crippen LogP contribution < -0.4 is 16.0 Å². The molecule has 0 bridgehead atoms. The van der Waals surface area contributed by atoms with Crippen molar-refractivity contribution in [2.45, 2.75) is 22.4 Å². The fourth-order valence-corrected chi connectivity index (χ4v) is 4.34. The number of para-hydroxylation sites is 1. The van der Waals surface area contributed by atoms with Crippen molar-refractivity contribution in [1.29, 1.82) is 0 Å². The Morgan fingerprint density at radius 1 is 1.00 bits per heavy atom. The van der Waals surface area contributed by atoms with Crippen LogP contribution in [0.4, 0.5) is 35.0 Å². The fourth-order valence-electron chi connectivity index (χ4n) is 3.15. The van der Waals surface area contributed by atoms with Gasteiger partial charge in [0.1, 0.15) is 0 Å². The van der Waals surface area contributed by atoms with E-state index in [0.717, 1.165) is 33.2 Å². The number of fused-ring (bicyclic) bond motifs is 1. The number of urea groups is 1. The minimum atomic E-state index is -4.62. The van der Waals surface area contributed by atoms with Gasteiger partial charge in [0, 0.05) is 21.2 Å². The van der Waals surface area contributed by atoms with E-state index in [-0.39, 0.29) is 11.6 Å². The molecular weight excluding hydrogens is 463 g/mol. The van der Waals surface area contributed by atoms with Gasteiger partial charge >= 0.3 is 12.2 Å². The maximum absolute atomic E-state index is 13.0. The molecule has 0 fully saturated rings. The van der Waals surface area contributed by atoms with Gasteiger partial charge in [-0.25, -0.2) is 4.79 Å². The maximum Gasteiger partial charge on any atom is 0.417 e. The second-order valence-corrected chi connectivity index (χ2v) is 8.44. The molecule has 0 radical (unpaired) electrons. The number of benzene rings is 3. The third-order valence-corrected chi connectivity index (χ3v) is 6.00. The van der Waals surface area contributed by atoms with Crippen LogP contribution in [0.2, 0.25) is 5.02 Å². The fraction of sp³-hybridized carbons (Fsp3) is 0.0909. The van der Waals surface area contributed by atoms with Crippen molar-refractivity contribution in [3.05, 3.63) is 76.8 Å². The van der Waals surface area contributed by atoms with Crippen molar-refractivity contribution in [2.75, 3.05) is 16.0 Å². The Morgan fingerprint density at radius 2 is 1.69 bits per heavy atom. The topological polar surface area (TPSA) is 70.2 Å². The molecule has 3 aromatic rings. The zero-order valence-corrected chi connectivity index (χ0v) is 17.8. The van der Waals surface area contributed by atoms with Gasteiger partial charge in [0.25, 0.3) is 0 Å². The largest absolute Gasteiger partial charge is 0.417 e. The lowest BCUT2D eigenvalue weighted by Crippen LogP contribution is -2.19. The van der Waals surface area contributed by atoms with Crippen LogP contribution >= 0.6 is 23.4 Å². The summed E-state index contributed by atoms with van der Waals surface area (Å²) in [5.74, 6) is -0.0401. The number of hydrogen-bond acceptors (Lipinski definition) is 3. The van der Waals surface area contributed by atoms with Crippen LogP contribution in [-0.2, 0) is 17.4 Å². The molecule has 3 amide bonds. The van der Waals surface area contributed by atoms with Gasteiger partial charge in [0.15, 0.2) is 0 Å². The summed E-state index contributed by atoms with van der Waals surface area (Å²) in [6.07, 6.45) is -4.26. The molecule has 0 saturated carbocycles. The highest BCUT2D eigenvalue weighted by atomic mass is 35.5. The van der Waals surface area contributed by atoms with Crippen LogP contribution in [0.5, 0.6) is 0 Å². The quantitative estimate of drug-likeness (QED) is 0.394. The normalized spacial score (nSPS) is 12.8. The summed E-state index contributed by atoms with van der Waals surface area (Å²) < 4.78 is 38.9. The summed E-state index contributed by atoms with van der Waals surface area (Å²) in [6.45, 7) is 0. The van der Waals surface area contributed by atoms with Crippen molar-refractivity contribution in [3.63, 3.8) is 0 Å². The Bertz CT molecular complexity index is 1200. The van der Waals surface area contributed by atoms with Crippen molar-refractivity contribution in [3.8, 4) is 0 Å². The number of carbonyl (C=O) groups is 2. The summed E-state index contributed by atoms with van der Waals surface area (Å²) in [5.41, 5.74) is 1.16. The van der Waals surface area contributed by atoms with E-state index < -0.39 is 22.8 Å². The molecule has 4 rings (SSSR count). The third kappa shape index (κ3) is 5.00. The summed E-state index contributed by atoms with van der Waals surface area (Å²) in [4.78, 5) is 25.6. The predicted octanol–water partition coefficient (Wildman–Crippen LogP) is 6.65. The van der Waals surface area contributed by atoms with Gasteiger partial charge in [-0.2, -0.15) is 13.2 Å². The summed E-state index contributed by atoms with van der Waals surface area (Å²) in [5, 5.41) is 7.35.